The van der Waals surface area contributed by atoms with Crippen LogP contribution in [-0.2, 0) is 14.2 Å². The maximum atomic E-state index is 13.0. The van der Waals surface area contributed by atoms with Crippen molar-refractivity contribution < 1.29 is 33.7 Å². The van der Waals surface area contributed by atoms with Crippen molar-refractivity contribution in [2.75, 3.05) is 11.9 Å². The second kappa shape index (κ2) is 12.3. The highest BCUT2D eigenvalue weighted by atomic mass is 16.6. The SMILES string of the molecule is O=C(Nc1cnn([C@H]2O[C@H](CO)[C@@H](OC(=O)c3ccccc3)[C@H]2OC(=O)c2ccccc2)c(=O)n1)c1ccccc1. The largest absolute Gasteiger partial charge is 0.452 e. The van der Waals surface area contributed by atoms with Crippen molar-refractivity contribution in [1.82, 2.24) is 14.8 Å². The predicted molar refractivity (Wildman–Crippen MR) is 143 cm³/mol. The molecule has 5 rings (SSSR count). The van der Waals surface area contributed by atoms with Gasteiger partial charge < -0.3 is 24.6 Å². The van der Waals surface area contributed by atoms with Gasteiger partial charge in [-0.3, -0.25) is 4.79 Å². The molecule has 12 nitrogen and oxygen atoms in total. The number of nitrogens with zero attached hydrogens (tertiary/aromatic N) is 3. The fraction of sp³-hybridized carbons (Fsp3) is 0.172. The van der Waals surface area contributed by atoms with Gasteiger partial charge in [0.15, 0.2) is 24.3 Å². The first kappa shape index (κ1) is 27.4. The number of aliphatic hydroxyl groups is 1. The van der Waals surface area contributed by atoms with Crippen LogP contribution in [-0.4, -0.2) is 62.6 Å². The summed E-state index contributed by atoms with van der Waals surface area (Å²) in [6.07, 6.45) is -4.18. The van der Waals surface area contributed by atoms with Crippen LogP contribution in [0, 0.1) is 0 Å². The van der Waals surface area contributed by atoms with Crippen molar-refractivity contribution in [2.45, 2.75) is 24.5 Å². The van der Waals surface area contributed by atoms with Gasteiger partial charge in [0, 0.05) is 5.56 Å². The number of carbonyl (C=O) groups is 3. The molecule has 1 amide bonds. The molecule has 1 saturated heterocycles. The summed E-state index contributed by atoms with van der Waals surface area (Å²) in [6, 6.07) is 24.4. The Morgan fingerprint density at radius 2 is 1.32 bits per heavy atom. The molecule has 208 valence electrons. The molecule has 3 aromatic carbocycles. The number of rotatable bonds is 8. The highest BCUT2D eigenvalue weighted by Gasteiger charge is 2.51. The molecule has 2 N–H and O–H groups in total. The summed E-state index contributed by atoms with van der Waals surface area (Å²) in [5.41, 5.74) is -0.187. The third-order valence-corrected chi connectivity index (χ3v) is 6.21. The van der Waals surface area contributed by atoms with E-state index in [1.807, 2.05) is 0 Å². The van der Waals surface area contributed by atoms with E-state index in [1.165, 1.54) is 24.3 Å². The van der Waals surface area contributed by atoms with Crippen molar-refractivity contribution in [1.29, 1.82) is 0 Å². The van der Waals surface area contributed by atoms with Gasteiger partial charge in [0.05, 0.1) is 23.9 Å². The van der Waals surface area contributed by atoms with Gasteiger partial charge >= 0.3 is 17.6 Å². The zero-order valence-corrected chi connectivity index (χ0v) is 21.4. The lowest BCUT2D eigenvalue weighted by atomic mass is 10.1. The van der Waals surface area contributed by atoms with E-state index in [2.05, 4.69) is 15.4 Å². The number of anilines is 1. The number of nitrogens with one attached hydrogen (secondary N) is 1. The highest BCUT2D eigenvalue weighted by molar-refractivity contribution is 6.03. The van der Waals surface area contributed by atoms with Gasteiger partial charge in [-0.15, -0.1) is 0 Å². The molecule has 1 aliphatic heterocycles. The molecule has 0 aliphatic carbocycles. The van der Waals surface area contributed by atoms with Crippen LogP contribution in [0.5, 0.6) is 0 Å². The molecule has 1 aliphatic rings. The van der Waals surface area contributed by atoms with Crippen LogP contribution in [0.3, 0.4) is 0 Å². The molecule has 0 spiro atoms. The lowest BCUT2D eigenvalue weighted by molar-refractivity contribution is -0.0669. The molecule has 2 heterocycles. The molecule has 1 fully saturated rings. The van der Waals surface area contributed by atoms with E-state index >= 15 is 0 Å². The number of aliphatic hydroxyl groups excluding tert-OH is 1. The molecule has 4 aromatic rings. The van der Waals surface area contributed by atoms with Gasteiger partial charge in [-0.25, -0.2) is 14.4 Å². The lowest BCUT2D eigenvalue weighted by Gasteiger charge is -2.24. The standard InChI is InChI=1S/C29H24N4O8/c34-17-21-23(40-27(36)19-12-6-2-7-13-19)24(41-28(37)20-14-8-3-9-15-20)26(39-21)33-29(38)32-22(16-30-33)31-25(35)18-10-4-1-5-11-18/h1-16,21,23-24,26,34H,17H2,(H,31,32,35,38)/t21-,23-,24-,26+/m1/s1. The number of hydrogen-bond acceptors (Lipinski definition) is 10. The fourth-order valence-corrected chi connectivity index (χ4v) is 4.21. The van der Waals surface area contributed by atoms with Crippen molar-refractivity contribution in [3.8, 4) is 0 Å². The maximum Gasteiger partial charge on any atom is 0.368 e. The van der Waals surface area contributed by atoms with E-state index in [9.17, 15) is 24.3 Å². The molecule has 1 aromatic heterocycles. The van der Waals surface area contributed by atoms with Gasteiger partial charge in [0.25, 0.3) is 5.91 Å². The number of ether oxygens (including phenoxy) is 3. The quantitative estimate of drug-likeness (QED) is 0.308. The predicted octanol–water partition coefficient (Wildman–Crippen LogP) is 2.23. The van der Waals surface area contributed by atoms with Crippen LogP contribution in [0.1, 0.15) is 37.3 Å². The van der Waals surface area contributed by atoms with E-state index in [1.54, 1.807) is 66.7 Å². The molecule has 0 unspecified atom stereocenters. The Morgan fingerprint density at radius 3 is 1.83 bits per heavy atom. The molecule has 12 heteroatoms. The zero-order valence-electron chi connectivity index (χ0n) is 21.4. The number of carbonyl (C=O) groups excluding carboxylic acids is 3. The second-order valence-corrected chi connectivity index (χ2v) is 8.91. The molecule has 41 heavy (non-hydrogen) atoms. The average Bonchev–Trinajstić information content (AvgIpc) is 3.34. The summed E-state index contributed by atoms with van der Waals surface area (Å²) < 4.78 is 18.0. The monoisotopic (exact) mass is 556 g/mol. The minimum absolute atomic E-state index is 0.123. The summed E-state index contributed by atoms with van der Waals surface area (Å²) >= 11 is 0. The maximum absolute atomic E-state index is 13.0. The van der Waals surface area contributed by atoms with E-state index < -0.39 is 54.7 Å². The number of esters is 2. The van der Waals surface area contributed by atoms with Crippen LogP contribution in [0.4, 0.5) is 5.82 Å². The fourth-order valence-electron chi connectivity index (χ4n) is 4.21. The summed E-state index contributed by atoms with van der Waals surface area (Å²) in [7, 11) is 0. The minimum Gasteiger partial charge on any atom is -0.452 e. The molecule has 0 saturated carbocycles. The molecule has 0 bridgehead atoms. The van der Waals surface area contributed by atoms with Gasteiger partial charge in [0.1, 0.15) is 6.10 Å². The van der Waals surface area contributed by atoms with Crippen LogP contribution in [0.2, 0.25) is 0 Å². The number of hydrogen-bond donors (Lipinski definition) is 2. The Bertz CT molecular complexity index is 1580. The van der Waals surface area contributed by atoms with Crippen molar-refractivity contribution in [3.63, 3.8) is 0 Å². The zero-order chi connectivity index (χ0) is 28.8. The van der Waals surface area contributed by atoms with E-state index in [0.717, 1.165) is 10.9 Å². The molecular formula is C29H24N4O8. The molecule has 0 radical (unpaired) electrons. The van der Waals surface area contributed by atoms with E-state index in [4.69, 9.17) is 14.2 Å². The first-order valence-corrected chi connectivity index (χ1v) is 12.5. The third-order valence-electron chi connectivity index (χ3n) is 6.21. The van der Waals surface area contributed by atoms with Crippen molar-refractivity contribution >= 4 is 23.7 Å². The molecular weight excluding hydrogens is 532 g/mol. The number of amides is 1. The Balaban J connectivity index is 1.44. The van der Waals surface area contributed by atoms with E-state index in [0.29, 0.717) is 5.56 Å². The Morgan fingerprint density at radius 1 is 0.805 bits per heavy atom. The second-order valence-electron chi connectivity index (χ2n) is 8.91. The Labute approximate surface area is 233 Å². The first-order valence-electron chi connectivity index (χ1n) is 12.5. The highest BCUT2D eigenvalue weighted by Crippen LogP contribution is 2.34. The smallest absolute Gasteiger partial charge is 0.368 e. The minimum atomic E-state index is -1.42. The number of benzene rings is 3. The molecule has 4 atom stereocenters. The number of aromatic nitrogens is 3. The topological polar surface area (TPSA) is 159 Å². The summed E-state index contributed by atoms with van der Waals surface area (Å²) in [4.78, 5) is 55.3. The van der Waals surface area contributed by atoms with Crippen LogP contribution < -0.4 is 11.0 Å². The Kier molecular flexibility index (Phi) is 8.23. The van der Waals surface area contributed by atoms with Gasteiger partial charge in [-0.1, -0.05) is 54.6 Å². The first-order chi connectivity index (χ1) is 19.9. The summed E-state index contributed by atoms with van der Waals surface area (Å²) in [6.45, 7) is -0.629. The summed E-state index contributed by atoms with van der Waals surface area (Å²) in [5, 5.41) is 16.6. The van der Waals surface area contributed by atoms with Gasteiger partial charge in [-0.2, -0.15) is 14.8 Å². The van der Waals surface area contributed by atoms with Crippen molar-refractivity contribution in [2.24, 2.45) is 0 Å². The third kappa shape index (κ3) is 6.19. The van der Waals surface area contributed by atoms with Gasteiger partial charge in [0.2, 0.25) is 0 Å². The van der Waals surface area contributed by atoms with Gasteiger partial charge in [-0.05, 0) is 36.4 Å². The lowest BCUT2D eigenvalue weighted by Crippen LogP contribution is -2.42. The van der Waals surface area contributed by atoms with Crippen molar-refractivity contribution in [3.05, 3.63) is 124 Å². The normalized spacial score (nSPS) is 19.7. The van der Waals surface area contributed by atoms with Crippen LogP contribution in [0.25, 0.3) is 0 Å². The van der Waals surface area contributed by atoms with Crippen LogP contribution in [0.15, 0.2) is 102 Å². The Hall–Kier alpha value is -5.20. The van der Waals surface area contributed by atoms with Crippen LogP contribution >= 0.6 is 0 Å². The average molecular weight is 557 g/mol. The summed E-state index contributed by atoms with van der Waals surface area (Å²) in [5.74, 6) is -2.16. The van der Waals surface area contributed by atoms with E-state index in [-0.39, 0.29) is 16.9 Å².